The predicted octanol–water partition coefficient (Wildman–Crippen LogP) is 3.98. The lowest BCUT2D eigenvalue weighted by atomic mass is 10.2. The van der Waals surface area contributed by atoms with Gasteiger partial charge in [0.2, 0.25) is 0 Å². The molecule has 0 saturated heterocycles. The topological polar surface area (TPSA) is 64.3 Å². The Labute approximate surface area is 132 Å². The summed E-state index contributed by atoms with van der Waals surface area (Å²) in [6.45, 7) is 1.64. The van der Waals surface area contributed by atoms with Gasteiger partial charge in [-0.15, -0.1) is 0 Å². The zero-order valence-electron chi connectivity index (χ0n) is 11.3. The number of rotatable bonds is 4. The molecule has 0 aliphatic heterocycles. The van der Waals surface area contributed by atoms with E-state index < -0.39 is 6.10 Å². The molecule has 1 amide bonds. The molecule has 0 fully saturated rings. The maximum absolute atomic E-state index is 12.1. The normalized spacial score (nSPS) is 11.8. The predicted molar refractivity (Wildman–Crippen MR) is 86.0 cm³/mol. The number of carbonyl (C=O) groups excluding carboxylic acids is 1. The van der Waals surface area contributed by atoms with E-state index in [4.69, 9.17) is 33.7 Å². The Hall–Kier alpha value is -1.91. The van der Waals surface area contributed by atoms with Gasteiger partial charge in [0.1, 0.15) is 5.75 Å². The highest BCUT2D eigenvalue weighted by Crippen LogP contribution is 2.25. The van der Waals surface area contributed by atoms with Crippen molar-refractivity contribution < 1.29 is 9.53 Å². The minimum atomic E-state index is -0.707. The van der Waals surface area contributed by atoms with Gasteiger partial charge in [-0.2, -0.15) is 0 Å². The quantitative estimate of drug-likeness (QED) is 0.836. The molecule has 0 bridgehead atoms. The van der Waals surface area contributed by atoms with Crippen LogP contribution in [0, 0.1) is 0 Å². The van der Waals surface area contributed by atoms with Crippen LogP contribution in [0.1, 0.15) is 6.92 Å². The van der Waals surface area contributed by atoms with E-state index in [1.807, 2.05) is 0 Å². The van der Waals surface area contributed by atoms with E-state index in [1.165, 1.54) is 0 Å². The zero-order chi connectivity index (χ0) is 15.4. The molecule has 0 aliphatic carbocycles. The molecular weight excluding hydrogens is 311 g/mol. The number of halogens is 2. The van der Waals surface area contributed by atoms with Crippen molar-refractivity contribution in [3.8, 4) is 5.75 Å². The molecule has 0 saturated carbocycles. The Balaban J connectivity index is 2.02. The van der Waals surface area contributed by atoms with Crippen LogP contribution in [-0.2, 0) is 4.79 Å². The van der Waals surface area contributed by atoms with Gasteiger partial charge in [-0.05, 0) is 43.3 Å². The lowest BCUT2D eigenvalue weighted by Crippen LogP contribution is -2.30. The van der Waals surface area contributed by atoms with E-state index >= 15 is 0 Å². The minimum Gasteiger partial charge on any atom is -0.481 e. The van der Waals surface area contributed by atoms with Crippen LogP contribution >= 0.6 is 23.2 Å². The van der Waals surface area contributed by atoms with Crippen LogP contribution in [0.3, 0.4) is 0 Å². The van der Waals surface area contributed by atoms with Gasteiger partial charge in [-0.3, -0.25) is 4.79 Å². The molecule has 110 valence electrons. The summed E-state index contributed by atoms with van der Waals surface area (Å²) >= 11 is 11.8. The van der Waals surface area contributed by atoms with Gasteiger partial charge >= 0.3 is 0 Å². The summed E-state index contributed by atoms with van der Waals surface area (Å²) in [7, 11) is 0. The van der Waals surface area contributed by atoms with Gasteiger partial charge < -0.3 is 15.8 Å². The van der Waals surface area contributed by atoms with Gasteiger partial charge in [-0.25, -0.2) is 0 Å². The molecule has 2 aromatic carbocycles. The second kappa shape index (κ2) is 6.70. The number of benzene rings is 2. The zero-order valence-corrected chi connectivity index (χ0v) is 12.8. The summed E-state index contributed by atoms with van der Waals surface area (Å²) in [6, 6.07) is 11.7. The number of hydrogen-bond acceptors (Lipinski definition) is 3. The second-order valence-corrected chi connectivity index (χ2v) is 5.35. The van der Waals surface area contributed by atoms with Crippen LogP contribution in [-0.4, -0.2) is 12.0 Å². The Morgan fingerprint density at radius 3 is 2.48 bits per heavy atom. The van der Waals surface area contributed by atoms with E-state index in [1.54, 1.807) is 49.4 Å². The third-order valence-electron chi connectivity index (χ3n) is 2.67. The van der Waals surface area contributed by atoms with E-state index in [-0.39, 0.29) is 5.91 Å². The lowest BCUT2D eigenvalue weighted by Gasteiger charge is -2.15. The highest BCUT2D eigenvalue weighted by atomic mass is 35.5. The molecule has 3 N–H and O–H groups in total. The smallest absolute Gasteiger partial charge is 0.265 e. The summed E-state index contributed by atoms with van der Waals surface area (Å²) in [5.41, 5.74) is 6.84. The number of nitrogens with one attached hydrogen (secondary N) is 1. The molecule has 2 rings (SSSR count). The van der Waals surface area contributed by atoms with E-state index in [9.17, 15) is 4.79 Å². The number of nitrogens with two attached hydrogens (primary N) is 1. The summed E-state index contributed by atoms with van der Waals surface area (Å²) < 4.78 is 5.53. The summed E-state index contributed by atoms with van der Waals surface area (Å²) in [6.07, 6.45) is -0.707. The number of carbonyl (C=O) groups is 1. The van der Waals surface area contributed by atoms with Crippen molar-refractivity contribution in [3.63, 3.8) is 0 Å². The average molecular weight is 325 g/mol. The molecule has 21 heavy (non-hydrogen) atoms. The summed E-state index contributed by atoms with van der Waals surface area (Å²) in [4.78, 5) is 12.1. The molecule has 0 aromatic heterocycles. The van der Waals surface area contributed by atoms with Crippen LogP contribution in [0.5, 0.6) is 5.75 Å². The number of nitrogen functional groups attached to an aromatic ring is 1. The highest BCUT2D eigenvalue weighted by molar-refractivity contribution is 6.34. The van der Waals surface area contributed by atoms with E-state index in [2.05, 4.69) is 5.32 Å². The van der Waals surface area contributed by atoms with Crippen LogP contribution in [0.15, 0.2) is 42.5 Å². The number of amides is 1. The molecule has 2 aromatic rings. The first-order chi connectivity index (χ1) is 9.94. The van der Waals surface area contributed by atoms with Crippen LogP contribution in [0.2, 0.25) is 10.0 Å². The van der Waals surface area contributed by atoms with Gasteiger partial charge in [0, 0.05) is 21.4 Å². The van der Waals surface area contributed by atoms with Crippen molar-refractivity contribution in [1.29, 1.82) is 0 Å². The first kappa shape index (κ1) is 15.5. The minimum absolute atomic E-state index is 0.295. The monoisotopic (exact) mass is 324 g/mol. The third-order valence-corrected chi connectivity index (χ3v) is 3.11. The molecule has 1 unspecified atom stereocenters. The summed E-state index contributed by atoms with van der Waals surface area (Å²) in [5.74, 6) is 0.138. The van der Waals surface area contributed by atoms with Crippen molar-refractivity contribution in [3.05, 3.63) is 52.5 Å². The molecule has 6 heteroatoms. The first-order valence-corrected chi connectivity index (χ1v) is 6.99. The maximum Gasteiger partial charge on any atom is 0.265 e. The lowest BCUT2D eigenvalue weighted by molar-refractivity contribution is -0.122. The fourth-order valence-electron chi connectivity index (χ4n) is 1.71. The fourth-order valence-corrected chi connectivity index (χ4v) is 2.22. The number of ether oxygens (including phenoxy) is 1. The largest absolute Gasteiger partial charge is 0.481 e. The number of anilines is 2. The molecule has 0 aliphatic rings. The van der Waals surface area contributed by atoms with Crippen LogP contribution < -0.4 is 15.8 Å². The SMILES string of the molecule is CC(Oc1cc(Cl)cc(Cl)c1)C(=O)Nc1cccc(N)c1. The van der Waals surface area contributed by atoms with Crippen molar-refractivity contribution in [1.82, 2.24) is 0 Å². The van der Waals surface area contributed by atoms with Gasteiger partial charge in [0.15, 0.2) is 6.10 Å². The fraction of sp³-hybridized carbons (Fsp3) is 0.133. The molecule has 0 heterocycles. The van der Waals surface area contributed by atoms with Crippen molar-refractivity contribution >= 4 is 40.5 Å². The number of hydrogen-bond donors (Lipinski definition) is 2. The van der Waals surface area contributed by atoms with Gasteiger partial charge in [0.25, 0.3) is 5.91 Å². The van der Waals surface area contributed by atoms with Gasteiger partial charge in [-0.1, -0.05) is 29.3 Å². The molecule has 4 nitrogen and oxygen atoms in total. The summed E-state index contributed by atoms with van der Waals surface area (Å²) in [5, 5.41) is 3.61. The Kier molecular flexibility index (Phi) is 4.94. The second-order valence-electron chi connectivity index (χ2n) is 4.48. The molecular formula is C15H14Cl2N2O2. The van der Waals surface area contributed by atoms with Crippen molar-refractivity contribution in [2.45, 2.75) is 13.0 Å². The van der Waals surface area contributed by atoms with E-state index in [0.717, 1.165) is 0 Å². The molecule has 1 atom stereocenters. The first-order valence-electron chi connectivity index (χ1n) is 6.23. The maximum atomic E-state index is 12.1. The standard InChI is InChI=1S/C15H14Cl2N2O2/c1-9(21-14-6-10(16)5-11(17)7-14)15(20)19-13-4-2-3-12(18)8-13/h2-9H,18H2,1H3,(H,19,20). The average Bonchev–Trinajstić information content (AvgIpc) is 2.37. The Morgan fingerprint density at radius 2 is 1.86 bits per heavy atom. The Bertz CT molecular complexity index is 642. The highest BCUT2D eigenvalue weighted by Gasteiger charge is 2.15. The Morgan fingerprint density at radius 1 is 1.19 bits per heavy atom. The molecule has 0 spiro atoms. The molecule has 0 radical (unpaired) electrons. The van der Waals surface area contributed by atoms with Crippen LogP contribution in [0.4, 0.5) is 11.4 Å². The van der Waals surface area contributed by atoms with Gasteiger partial charge in [0.05, 0.1) is 0 Å². The van der Waals surface area contributed by atoms with Crippen molar-refractivity contribution in [2.24, 2.45) is 0 Å². The van der Waals surface area contributed by atoms with Crippen molar-refractivity contribution in [2.75, 3.05) is 11.1 Å². The van der Waals surface area contributed by atoms with E-state index in [0.29, 0.717) is 27.2 Å². The van der Waals surface area contributed by atoms with Crippen LogP contribution in [0.25, 0.3) is 0 Å². The third kappa shape index (κ3) is 4.55.